The minimum atomic E-state index is 0.104. The lowest BCUT2D eigenvalue weighted by molar-refractivity contribution is 0.295. The number of anilines is 1. The standard InChI is InChI=1S/C12H22N4O/c1-3-11(4-2)16(7-8-17)12-14-6-5-10(9-13)15-12/h5-6,11,17H,3-4,7-9,13H2,1-2H3. The van der Waals surface area contributed by atoms with Crippen LogP contribution in [-0.4, -0.2) is 34.3 Å². The van der Waals surface area contributed by atoms with Crippen LogP contribution in [0.4, 0.5) is 5.95 Å². The van der Waals surface area contributed by atoms with Crippen molar-refractivity contribution < 1.29 is 5.11 Å². The summed E-state index contributed by atoms with van der Waals surface area (Å²) < 4.78 is 0. The lowest BCUT2D eigenvalue weighted by Crippen LogP contribution is -2.38. The normalized spacial score (nSPS) is 10.9. The first-order valence-corrected chi connectivity index (χ1v) is 6.16. The van der Waals surface area contributed by atoms with Gasteiger partial charge in [-0.05, 0) is 18.9 Å². The van der Waals surface area contributed by atoms with E-state index in [2.05, 4.69) is 28.7 Å². The molecule has 1 heterocycles. The molecule has 1 aromatic heterocycles. The van der Waals surface area contributed by atoms with E-state index in [4.69, 9.17) is 10.8 Å². The van der Waals surface area contributed by atoms with Gasteiger partial charge in [-0.1, -0.05) is 13.8 Å². The molecule has 96 valence electrons. The molecule has 0 atom stereocenters. The smallest absolute Gasteiger partial charge is 0.225 e. The number of hydrogen-bond acceptors (Lipinski definition) is 5. The maximum atomic E-state index is 9.14. The van der Waals surface area contributed by atoms with E-state index in [1.165, 1.54) is 0 Å². The van der Waals surface area contributed by atoms with Crippen LogP contribution in [0, 0.1) is 0 Å². The third-order valence-corrected chi connectivity index (χ3v) is 2.89. The van der Waals surface area contributed by atoms with Crippen molar-refractivity contribution >= 4 is 5.95 Å². The van der Waals surface area contributed by atoms with Crippen LogP contribution in [0.15, 0.2) is 12.3 Å². The summed E-state index contributed by atoms with van der Waals surface area (Å²) in [6, 6.07) is 2.17. The number of nitrogens with two attached hydrogens (primary N) is 1. The van der Waals surface area contributed by atoms with Gasteiger partial charge >= 0.3 is 0 Å². The molecule has 5 nitrogen and oxygen atoms in total. The summed E-state index contributed by atoms with van der Waals surface area (Å²) in [7, 11) is 0. The molecular formula is C12H22N4O. The Morgan fingerprint density at radius 3 is 2.65 bits per heavy atom. The largest absolute Gasteiger partial charge is 0.395 e. The summed E-state index contributed by atoms with van der Waals surface area (Å²) in [5, 5.41) is 9.14. The molecule has 0 bridgehead atoms. The van der Waals surface area contributed by atoms with Gasteiger partial charge in [0.2, 0.25) is 5.95 Å². The van der Waals surface area contributed by atoms with Crippen LogP contribution in [0.1, 0.15) is 32.4 Å². The topological polar surface area (TPSA) is 75.3 Å². The van der Waals surface area contributed by atoms with Crippen molar-refractivity contribution in [3.63, 3.8) is 0 Å². The van der Waals surface area contributed by atoms with Crippen LogP contribution in [0.3, 0.4) is 0 Å². The highest BCUT2D eigenvalue weighted by Gasteiger charge is 2.17. The van der Waals surface area contributed by atoms with E-state index >= 15 is 0 Å². The molecular weight excluding hydrogens is 216 g/mol. The minimum absolute atomic E-state index is 0.104. The molecule has 0 radical (unpaired) electrons. The highest BCUT2D eigenvalue weighted by atomic mass is 16.3. The van der Waals surface area contributed by atoms with Crippen molar-refractivity contribution in [1.82, 2.24) is 9.97 Å². The zero-order chi connectivity index (χ0) is 12.7. The van der Waals surface area contributed by atoms with E-state index < -0.39 is 0 Å². The number of hydrogen-bond donors (Lipinski definition) is 2. The van der Waals surface area contributed by atoms with Crippen molar-refractivity contribution in [1.29, 1.82) is 0 Å². The van der Waals surface area contributed by atoms with Crippen molar-refractivity contribution in [2.75, 3.05) is 18.1 Å². The molecule has 0 aliphatic heterocycles. The molecule has 3 N–H and O–H groups in total. The maximum absolute atomic E-state index is 9.14. The molecule has 5 heteroatoms. The Labute approximate surface area is 103 Å². The van der Waals surface area contributed by atoms with Crippen LogP contribution < -0.4 is 10.6 Å². The Morgan fingerprint density at radius 1 is 1.41 bits per heavy atom. The molecule has 0 fully saturated rings. The van der Waals surface area contributed by atoms with Gasteiger partial charge in [-0.3, -0.25) is 0 Å². The van der Waals surface area contributed by atoms with Crippen LogP contribution in [0.5, 0.6) is 0 Å². The summed E-state index contributed by atoms with van der Waals surface area (Å²) in [6.07, 6.45) is 3.73. The first-order chi connectivity index (χ1) is 8.26. The van der Waals surface area contributed by atoms with E-state index in [1.807, 2.05) is 6.07 Å². The van der Waals surface area contributed by atoms with Crippen LogP contribution >= 0.6 is 0 Å². The van der Waals surface area contributed by atoms with Gasteiger partial charge in [0.1, 0.15) is 0 Å². The third-order valence-electron chi connectivity index (χ3n) is 2.89. The Balaban J connectivity index is 2.94. The molecule has 0 aromatic carbocycles. The van der Waals surface area contributed by atoms with Gasteiger partial charge < -0.3 is 15.7 Å². The summed E-state index contributed by atoms with van der Waals surface area (Å²) in [5.74, 6) is 0.663. The van der Waals surface area contributed by atoms with Crippen molar-refractivity contribution in [3.05, 3.63) is 18.0 Å². The zero-order valence-electron chi connectivity index (χ0n) is 10.6. The second-order valence-electron chi connectivity index (χ2n) is 3.94. The summed E-state index contributed by atoms with van der Waals surface area (Å²) >= 11 is 0. The van der Waals surface area contributed by atoms with Crippen LogP contribution in [0.25, 0.3) is 0 Å². The predicted molar refractivity (Wildman–Crippen MR) is 68.7 cm³/mol. The molecule has 1 aromatic rings. The lowest BCUT2D eigenvalue weighted by atomic mass is 10.1. The van der Waals surface area contributed by atoms with Gasteiger partial charge in [0.05, 0.1) is 12.3 Å². The van der Waals surface area contributed by atoms with E-state index in [9.17, 15) is 0 Å². The van der Waals surface area contributed by atoms with Gasteiger partial charge in [-0.25, -0.2) is 9.97 Å². The highest BCUT2D eigenvalue weighted by molar-refractivity contribution is 5.32. The molecule has 0 unspecified atom stereocenters. The second kappa shape index (κ2) is 7.19. The van der Waals surface area contributed by atoms with Crippen LogP contribution in [0.2, 0.25) is 0 Å². The van der Waals surface area contributed by atoms with Crippen LogP contribution in [-0.2, 0) is 6.54 Å². The molecule has 0 saturated carbocycles. The number of aliphatic hydroxyl groups is 1. The fraction of sp³-hybridized carbons (Fsp3) is 0.667. The van der Waals surface area contributed by atoms with Gasteiger partial charge in [-0.2, -0.15) is 0 Å². The summed E-state index contributed by atoms with van der Waals surface area (Å²) in [6.45, 7) is 5.33. The maximum Gasteiger partial charge on any atom is 0.225 e. The monoisotopic (exact) mass is 238 g/mol. The first kappa shape index (κ1) is 13.9. The summed E-state index contributed by atoms with van der Waals surface area (Å²) in [5.41, 5.74) is 6.40. The number of nitrogens with zero attached hydrogens (tertiary/aromatic N) is 3. The SMILES string of the molecule is CCC(CC)N(CCO)c1nccc(CN)n1. The van der Waals surface area contributed by atoms with Gasteiger partial charge in [0.25, 0.3) is 0 Å². The van der Waals surface area contributed by atoms with E-state index in [0.717, 1.165) is 18.5 Å². The Bertz CT molecular complexity index is 328. The number of aliphatic hydroxyl groups excluding tert-OH is 1. The predicted octanol–water partition coefficient (Wildman–Crippen LogP) is 0.923. The lowest BCUT2D eigenvalue weighted by Gasteiger charge is -2.30. The molecule has 0 spiro atoms. The van der Waals surface area contributed by atoms with Crippen molar-refractivity contribution in [2.24, 2.45) is 5.73 Å². The Hall–Kier alpha value is -1.20. The molecule has 17 heavy (non-hydrogen) atoms. The number of aromatic nitrogens is 2. The first-order valence-electron chi connectivity index (χ1n) is 6.16. The van der Waals surface area contributed by atoms with Gasteiger partial charge in [-0.15, -0.1) is 0 Å². The van der Waals surface area contributed by atoms with Gasteiger partial charge in [0.15, 0.2) is 0 Å². The number of rotatable bonds is 7. The molecule has 0 aliphatic rings. The molecule has 0 amide bonds. The van der Waals surface area contributed by atoms with Crippen molar-refractivity contribution in [3.8, 4) is 0 Å². The fourth-order valence-corrected chi connectivity index (χ4v) is 1.92. The quantitative estimate of drug-likeness (QED) is 0.739. The van der Waals surface area contributed by atoms with Crippen molar-refractivity contribution in [2.45, 2.75) is 39.3 Å². The second-order valence-corrected chi connectivity index (χ2v) is 3.94. The molecule has 1 rings (SSSR count). The molecule has 0 aliphatic carbocycles. The summed E-state index contributed by atoms with van der Waals surface area (Å²) in [4.78, 5) is 10.7. The Kier molecular flexibility index (Phi) is 5.86. The highest BCUT2D eigenvalue weighted by Crippen LogP contribution is 2.15. The zero-order valence-corrected chi connectivity index (χ0v) is 10.6. The fourth-order valence-electron chi connectivity index (χ4n) is 1.92. The van der Waals surface area contributed by atoms with E-state index in [-0.39, 0.29) is 6.61 Å². The van der Waals surface area contributed by atoms with E-state index in [0.29, 0.717) is 25.1 Å². The molecule has 0 saturated heterocycles. The van der Waals surface area contributed by atoms with E-state index in [1.54, 1.807) is 6.20 Å². The third kappa shape index (κ3) is 3.64. The average Bonchev–Trinajstić information content (AvgIpc) is 2.39. The minimum Gasteiger partial charge on any atom is -0.395 e. The average molecular weight is 238 g/mol. The van der Waals surface area contributed by atoms with Gasteiger partial charge in [0, 0.05) is 25.3 Å². The Morgan fingerprint density at radius 2 is 2.12 bits per heavy atom.